The number of carbonyl (C=O) groups is 1. The van der Waals surface area contributed by atoms with Crippen molar-refractivity contribution in [2.45, 2.75) is 33.2 Å². The van der Waals surface area contributed by atoms with E-state index in [4.69, 9.17) is 9.84 Å². The second-order valence-electron chi connectivity index (χ2n) is 5.02. The molecule has 0 aliphatic carbocycles. The minimum atomic E-state index is -0.232. The molecule has 0 bridgehead atoms. The third-order valence-corrected chi connectivity index (χ3v) is 3.62. The SMILES string of the molecule is CCC(C)C(C)NC(=O)c1ccc(OC)c(C#CCO)c1. The summed E-state index contributed by atoms with van der Waals surface area (Å²) in [5.74, 6) is 6.23. The summed E-state index contributed by atoms with van der Waals surface area (Å²) < 4.78 is 5.20. The molecule has 114 valence electrons. The van der Waals surface area contributed by atoms with Gasteiger partial charge in [-0.3, -0.25) is 4.79 Å². The van der Waals surface area contributed by atoms with Crippen molar-refractivity contribution in [3.63, 3.8) is 0 Å². The van der Waals surface area contributed by atoms with Gasteiger partial charge in [0, 0.05) is 11.6 Å². The van der Waals surface area contributed by atoms with Crippen LogP contribution in [0.3, 0.4) is 0 Å². The summed E-state index contributed by atoms with van der Waals surface area (Å²) in [6.07, 6.45) is 1.01. The van der Waals surface area contributed by atoms with Gasteiger partial charge in [-0.25, -0.2) is 0 Å². The van der Waals surface area contributed by atoms with Gasteiger partial charge >= 0.3 is 0 Å². The minimum absolute atomic E-state index is 0.108. The number of ether oxygens (including phenoxy) is 1. The topological polar surface area (TPSA) is 58.6 Å². The third-order valence-electron chi connectivity index (χ3n) is 3.62. The number of amides is 1. The number of benzene rings is 1. The molecule has 2 unspecified atom stereocenters. The van der Waals surface area contributed by atoms with Gasteiger partial charge in [-0.05, 0) is 31.0 Å². The summed E-state index contributed by atoms with van der Waals surface area (Å²) in [6.45, 7) is 5.98. The van der Waals surface area contributed by atoms with Crippen molar-refractivity contribution in [2.75, 3.05) is 13.7 Å². The molecular weight excluding hydrogens is 266 g/mol. The monoisotopic (exact) mass is 289 g/mol. The zero-order valence-corrected chi connectivity index (χ0v) is 13.1. The van der Waals surface area contributed by atoms with Crippen LogP contribution in [-0.2, 0) is 0 Å². The van der Waals surface area contributed by atoms with E-state index in [1.54, 1.807) is 25.3 Å². The molecule has 1 rings (SSSR count). The number of hydrogen-bond acceptors (Lipinski definition) is 3. The van der Waals surface area contributed by atoms with E-state index in [-0.39, 0.29) is 18.6 Å². The number of rotatable bonds is 5. The van der Waals surface area contributed by atoms with E-state index in [0.29, 0.717) is 22.8 Å². The standard InChI is InChI=1S/C17H23NO3/c1-5-12(2)13(3)18-17(20)15-8-9-16(21-4)14(11-15)7-6-10-19/h8-9,11-13,19H,5,10H2,1-4H3,(H,18,20). The highest BCUT2D eigenvalue weighted by atomic mass is 16.5. The van der Waals surface area contributed by atoms with E-state index in [1.165, 1.54) is 0 Å². The van der Waals surface area contributed by atoms with E-state index in [2.05, 4.69) is 31.0 Å². The van der Waals surface area contributed by atoms with E-state index >= 15 is 0 Å². The summed E-state index contributed by atoms with van der Waals surface area (Å²) in [6, 6.07) is 5.21. The normalized spacial score (nSPS) is 12.8. The highest BCUT2D eigenvalue weighted by Crippen LogP contribution is 2.19. The van der Waals surface area contributed by atoms with Crippen LogP contribution in [0.5, 0.6) is 5.75 Å². The first-order chi connectivity index (χ1) is 10.0. The molecule has 2 atom stereocenters. The predicted molar refractivity (Wildman–Crippen MR) is 83.3 cm³/mol. The molecule has 0 saturated carbocycles. The maximum absolute atomic E-state index is 12.3. The Morgan fingerprint density at radius 2 is 2.14 bits per heavy atom. The molecule has 2 N–H and O–H groups in total. The van der Waals surface area contributed by atoms with Crippen LogP contribution in [0.4, 0.5) is 0 Å². The molecule has 1 aromatic rings. The number of carbonyl (C=O) groups excluding carboxylic acids is 1. The minimum Gasteiger partial charge on any atom is -0.495 e. The molecule has 0 aliphatic heterocycles. The predicted octanol–water partition coefficient (Wildman–Crippen LogP) is 2.20. The van der Waals surface area contributed by atoms with Gasteiger partial charge in [-0.1, -0.05) is 32.1 Å². The molecule has 0 spiro atoms. The Bertz CT molecular complexity index is 543. The van der Waals surface area contributed by atoms with E-state index < -0.39 is 0 Å². The van der Waals surface area contributed by atoms with Crippen molar-refractivity contribution in [3.05, 3.63) is 29.3 Å². The highest BCUT2D eigenvalue weighted by molar-refractivity contribution is 5.95. The van der Waals surface area contributed by atoms with Crippen LogP contribution in [0.25, 0.3) is 0 Å². The molecular formula is C17H23NO3. The molecule has 0 aliphatic rings. The molecule has 0 fully saturated rings. The number of aliphatic hydroxyl groups is 1. The Balaban J connectivity index is 2.95. The summed E-state index contributed by atoms with van der Waals surface area (Å²) in [5, 5.41) is 11.8. The summed E-state index contributed by atoms with van der Waals surface area (Å²) in [4.78, 5) is 12.3. The van der Waals surface area contributed by atoms with Gasteiger partial charge < -0.3 is 15.2 Å². The largest absolute Gasteiger partial charge is 0.495 e. The maximum atomic E-state index is 12.3. The quantitative estimate of drug-likeness (QED) is 0.817. The fourth-order valence-corrected chi connectivity index (χ4v) is 1.87. The summed E-state index contributed by atoms with van der Waals surface area (Å²) in [7, 11) is 1.55. The van der Waals surface area contributed by atoms with Crippen molar-refractivity contribution in [1.29, 1.82) is 0 Å². The molecule has 0 aromatic heterocycles. The van der Waals surface area contributed by atoms with Crippen LogP contribution in [0.15, 0.2) is 18.2 Å². The van der Waals surface area contributed by atoms with Gasteiger partial charge in [0.1, 0.15) is 12.4 Å². The van der Waals surface area contributed by atoms with Crippen LogP contribution >= 0.6 is 0 Å². The Morgan fingerprint density at radius 1 is 1.43 bits per heavy atom. The third kappa shape index (κ3) is 4.80. The Kier molecular flexibility index (Phi) is 6.77. The van der Waals surface area contributed by atoms with Crippen molar-refractivity contribution in [3.8, 4) is 17.6 Å². The van der Waals surface area contributed by atoms with Crippen LogP contribution in [0.2, 0.25) is 0 Å². The molecule has 1 amide bonds. The van der Waals surface area contributed by atoms with Crippen molar-refractivity contribution in [1.82, 2.24) is 5.32 Å². The van der Waals surface area contributed by atoms with Crippen molar-refractivity contribution < 1.29 is 14.6 Å². The molecule has 1 aromatic carbocycles. The first kappa shape index (κ1) is 17.1. The van der Waals surface area contributed by atoms with E-state index in [9.17, 15) is 4.79 Å². The van der Waals surface area contributed by atoms with Crippen LogP contribution in [0.1, 0.15) is 43.1 Å². The van der Waals surface area contributed by atoms with Crippen molar-refractivity contribution in [2.24, 2.45) is 5.92 Å². The van der Waals surface area contributed by atoms with E-state index in [1.807, 2.05) is 6.92 Å². The molecule has 0 radical (unpaired) electrons. The smallest absolute Gasteiger partial charge is 0.251 e. The van der Waals surface area contributed by atoms with Crippen LogP contribution in [0, 0.1) is 17.8 Å². The lowest BCUT2D eigenvalue weighted by Crippen LogP contribution is -2.36. The van der Waals surface area contributed by atoms with Crippen molar-refractivity contribution >= 4 is 5.91 Å². The average molecular weight is 289 g/mol. The van der Waals surface area contributed by atoms with Crippen LogP contribution < -0.4 is 10.1 Å². The van der Waals surface area contributed by atoms with Gasteiger partial charge in [-0.2, -0.15) is 0 Å². The van der Waals surface area contributed by atoms with Gasteiger partial charge in [0.15, 0.2) is 0 Å². The molecule has 0 saturated heterocycles. The highest BCUT2D eigenvalue weighted by Gasteiger charge is 2.15. The summed E-state index contributed by atoms with van der Waals surface area (Å²) in [5.41, 5.74) is 1.13. The van der Waals surface area contributed by atoms with E-state index in [0.717, 1.165) is 6.42 Å². The Morgan fingerprint density at radius 3 is 2.71 bits per heavy atom. The van der Waals surface area contributed by atoms with Gasteiger partial charge in [-0.15, -0.1) is 0 Å². The molecule has 0 heterocycles. The summed E-state index contributed by atoms with van der Waals surface area (Å²) >= 11 is 0. The number of nitrogens with one attached hydrogen (secondary N) is 1. The first-order valence-electron chi connectivity index (χ1n) is 7.12. The fraction of sp³-hybridized carbons (Fsp3) is 0.471. The zero-order chi connectivity index (χ0) is 15.8. The number of aliphatic hydroxyl groups excluding tert-OH is 1. The second kappa shape index (κ2) is 8.33. The first-order valence-corrected chi connectivity index (χ1v) is 7.12. The molecule has 21 heavy (non-hydrogen) atoms. The lowest BCUT2D eigenvalue weighted by Gasteiger charge is -2.20. The second-order valence-corrected chi connectivity index (χ2v) is 5.02. The van der Waals surface area contributed by atoms with Crippen LogP contribution in [-0.4, -0.2) is 30.8 Å². The zero-order valence-electron chi connectivity index (χ0n) is 13.1. The fourth-order valence-electron chi connectivity index (χ4n) is 1.87. The Hall–Kier alpha value is -1.99. The lowest BCUT2D eigenvalue weighted by molar-refractivity contribution is 0.0928. The lowest BCUT2D eigenvalue weighted by atomic mass is 10.0. The average Bonchev–Trinajstić information content (AvgIpc) is 2.51. The number of methoxy groups -OCH3 is 1. The Labute approximate surface area is 126 Å². The maximum Gasteiger partial charge on any atom is 0.251 e. The van der Waals surface area contributed by atoms with Gasteiger partial charge in [0.25, 0.3) is 5.91 Å². The molecule has 4 heteroatoms. The number of hydrogen-bond donors (Lipinski definition) is 2. The van der Waals surface area contributed by atoms with Gasteiger partial charge in [0.05, 0.1) is 12.7 Å². The molecule has 4 nitrogen and oxygen atoms in total. The van der Waals surface area contributed by atoms with Gasteiger partial charge in [0.2, 0.25) is 0 Å².